The summed E-state index contributed by atoms with van der Waals surface area (Å²) in [4.78, 5) is 27.2. The monoisotopic (exact) mass is 335 g/mol. The van der Waals surface area contributed by atoms with Crippen molar-refractivity contribution < 1.29 is 13.2 Å². The minimum Gasteiger partial charge on any atom is -0.356 e. The van der Waals surface area contributed by atoms with Crippen molar-refractivity contribution in [2.75, 3.05) is 24.2 Å². The fraction of sp³-hybridized carbons (Fsp3) is 0.429. The van der Waals surface area contributed by atoms with Crippen molar-refractivity contribution in [3.8, 4) is 0 Å². The molecule has 23 heavy (non-hydrogen) atoms. The number of hydrogen-bond donors (Lipinski definition) is 1. The van der Waals surface area contributed by atoms with Gasteiger partial charge in [0.2, 0.25) is 10.0 Å². The molecule has 0 aliphatic carbocycles. The molecular formula is C14H17N5O3S. The Morgan fingerprint density at radius 1 is 1.26 bits per heavy atom. The summed E-state index contributed by atoms with van der Waals surface area (Å²) in [5.41, 5.74) is 0.715. The lowest BCUT2D eigenvalue weighted by Gasteiger charge is -2.20. The third kappa shape index (κ3) is 3.39. The molecule has 122 valence electrons. The minimum atomic E-state index is -3.65. The number of aryl methyl sites for hydroxylation is 1. The van der Waals surface area contributed by atoms with Crippen LogP contribution in [0.5, 0.6) is 0 Å². The van der Waals surface area contributed by atoms with Crippen molar-refractivity contribution in [2.24, 2.45) is 0 Å². The standard InChI is InChI=1S/C14H17N5O3S/c1-9-15-8-10-7-11(14(20)18-23(2,21)22)13(17-12(10)16-9)19-5-3-4-6-19/h7-8H,3-6H2,1-2H3,(H,18,20). The number of aromatic nitrogens is 3. The van der Waals surface area contributed by atoms with Gasteiger partial charge in [-0.1, -0.05) is 0 Å². The molecule has 1 saturated heterocycles. The summed E-state index contributed by atoms with van der Waals surface area (Å²) in [5, 5.41) is 0.595. The molecule has 1 aliphatic rings. The lowest BCUT2D eigenvalue weighted by atomic mass is 10.2. The summed E-state index contributed by atoms with van der Waals surface area (Å²) in [6.45, 7) is 3.32. The Hall–Kier alpha value is -2.29. The Bertz CT molecular complexity index is 875. The van der Waals surface area contributed by atoms with Crippen LogP contribution < -0.4 is 9.62 Å². The maximum atomic E-state index is 12.4. The highest BCUT2D eigenvalue weighted by Gasteiger charge is 2.24. The molecule has 0 bridgehead atoms. The van der Waals surface area contributed by atoms with Crippen LogP contribution in [0, 0.1) is 6.92 Å². The molecule has 0 saturated carbocycles. The van der Waals surface area contributed by atoms with Crippen molar-refractivity contribution in [3.63, 3.8) is 0 Å². The number of rotatable bonds is 3. The van der Waals surface area contributed by atoms with Crippen LogP contribution in [-0.2, 0) is 10.0 Å². The van der Waals surface area contributed by atoms with E-state index in [0.29, 0.717) is 22.7 Å². The molecule has 0 atom stereocenters. The molecule has 0 radical (unpaired) electrons. The van der Waals surface area contributed by atoms with Crippen molar-refractivity contribution in [1.29, 1.82) is 0 Å². The van der Waals surface area contributed by atoms with E-state index in [1.165, 1.54) is 0 Å². The van der Waals surface area contributed by atoms with Crippen molar-refractivity contribution >= 4 is 32.8 Å². The van der Waals surface area contributed by atoms with Crippen LogP contribution in [0.4, 0.5) is 5.82 Å². The molecule has 2 aromatic heterocycles. The van der Waals surface area contributed by atoms with E-state index in [-0.39, 0.29) is 5.56 Å². The first-order valence-electron chi connectivity index (χ1n) is 7.25. The second-order valence-corrected chi connectivity index (χ2v) is 7.34. The molecule has 3 rings (SSSR count). The van der Waals surface area contributed by atoms with E-state index in [1.807, 2.05) is 9.62 Å². The highest BCUT2D eigenvalue weighted by atomic mass is 32.2. The second kappa shape index (κ2) is 5.73. The van der Waals surface area contributed by atoms with Gasteiger partial charge in [-0.15, -0.1) is 0 Å². The first-order chi connectivity index (χ1) is 10.8. The first-order valence-corrected chi connectivity index (χ1v) is 9.14. The summed E-state index contributed by atoms with van der Waals surface area (Å²) in [6.07, 6.45) is 4.54. The average Bonchev–Trinajstić information content (AvgIpc) is 2.98. The topological polar surface area (TPSA) is 105 Å². The van der Waals surface area contributed by atoms with Crippen LogP contribution in [0.3, 0.4) is 0 Å². The Labute approximate surface area is 134 Å². The number of nitrogens with zero attached hydrogens (tertiary/aromatic N) is 4. The van der Waals surface area contributed by atoms with Crippen molar-refractivity contribution in [3.05, 3.63) is 23.7 Å². The number of hydrogen-bond acceptors (Lipinski definition) is 7. The lowest BCUT2D eigenvalue weighted by Crippen LogP contribution is -2.32. The number of anilines is 1. The summed E-state index contributed by atoms with van der Waals surface area (Å²) in [6, 6.07) is 1.59. The van der Waals surface area contributed by atoms with E-state index >= 15 is 0 Å². The molecule has 0 unspecified atom stereocenters. The minimum absolute atomic E-state index is 0.220. The zero-order valence-electron chi connectivity index (χ0n) is 12.9. The number of nitrogens with one attached hydrogen (secondary N) is 1. The highest BCUT2D eigenvalue weighted by Crippen LogP contribution is 2.25. The fourth-order valence-electron chi connectivity index (χ4n) is 2.60. The Morgan fingerprint density at radius 3 is 2.61 bits per heavy atom. The Balaban J connectivity index is 2.14. The van der Waals surface area contributed by atoms with Gasteiger partial charge in [0.1, 0.15) is 11.6 Å². The highest BCUT2D eigenvalue weighted by molar-refractivity contribution is 7.89. The van der Waals surface area contributed by atoms with Crippen LogP contribution in [0.2, 0.25) is 0 Å². The summed E-state index contributed by atoms with van der Waals surface area (Å²) in [7, 11) is -3.65. The van der Waals surface area contributed by atoms with Gasteiger partial charge in [0.05, 0.1) is 11.8 Å². The van der Waals surface area contributed by atoms with Gasteiger partial charge >= 0.3 is 0 Å². The normalized spacial score (nSPS) is 15.1. The van der Waals surface area contributed by atoms with Gasteiger partial charge in [0.15, 0.2) is 5.65 Å². The molecule has 1 amide bonds. The van der Waals surface area contributed by atoms with Gasteiger partial charge in [-0.05, 0) is 25.8 Å². The molecule has 3 heterocycles. The van der Waals surface area contributed by atoms with Gasteiger partial charge in [-0.25, -0.2) is 28.1 Å². The molecule has 1 aliphatic heterocycles. The van der Waals surface area contributed by atoms with E-state index in [1.54, 1.807) is 19.2 Å². The number of fused-ring (bicyclic) bond motifs is 1. The first kappa shape index (κ1) is 15.6. The zero-order valence-corrected chi connectivity index (χ0v) is 13.7. The van der Waals surface area contributed by atoms with Crippen LogP contribution in [0.25, 0.3) is 11.0 Å². The molecule has 9 heteroatoms. The van der Waals surface area contributed by atoms with Crippen LogP contribution in [0.15, 0.2) is 12.3 Å². The SMILES string of the molecule is Cc1ncc2cc(C(=O)NS(C)(=O)=O)c(N3CCCC3)nc2n1. The molecule has 2 aromatic rings. The van der Waals surface area contributed by atoms with Crippen molar-refractivity contribution in [2.45, 2.75) is 19.8 Å². The number of carbonyl (C=O) groups excluding carboxylic acids is 1. The summed E-state index contributed by atoms with van der Waals surface area (Å²) >= 11 is 0. The van der Waals surface area contributed by atoms with Gasteiger partial charge in [-0.3, -0.25) is 4.79 Å². The second-order valence-electron chi connectivity index (χ2n) is 5.59. The number of amides is 1. The largest absolute Gasteiger partial charge is 0.356 e. The Kier molecular flexibility index (Phi) is 3.88. The summed E-state index contributed by atoms with van der Waals surface area (Å²) < 4.78 is 24.7. The van der Waals surface area contributed by atoms with E-state index in [4.69, 9.17) is 0 Å². The molecule has 1 N–H and O–H groups in total. The molecule has 1 fully saturated rings. The van der Waals surface area contributed by atoms with Gasteiger partial charge in [-0.2, -0.15) is 0 Å². The lowest BCUT2D eigenvalue weighted by molar-refractivity contribution is 0.0982. The maximum Gasteiger partial charge on any atom is 0.268 e. The number of sulfonamides is 1. The number of pyridine rings is 1. The third-order valence-electron chi connectivity index (χ3n) is 3.60. The molecule has 8 nitrogen and oxygen atoms in total. The van der Waals surface area contributed by atoms with E-state index < -0.39 is 15.9 Å². The predicted molar refractivity (Wildman–Crippen MR) is 85.8 cm³/mol. The maximum absolute atomic E-state index is 12.4. The van der Waals surface area contributed by atoms with Gasteiger partial charge in [0, 0.05) is 24.7 Å². The molecule has 0 spiro atoms. The van der Waals surface area contributed by atoms with Gasteiger partial charge < -0.3 is 4.90 Å². The summed E-state index contributed by atoms with van der Waals surface area (Å²) in [5.74, 6) is 0.365. The van der Waals surface area contributed by atoms with Crippen LogP contribution >= 0.6 is 0 Å². The fourth-order valence-corrected chi connectivity index (χ4v) is 3.05. The molecular weight excluding hydrogens is 318 g/mol. The smallest absolute Gasteiger partial charge is 0.268 e. The molecule has 0 aromatic carbocycles. The van der Waals surface area contributed by atoms with E-state index in [0.717, 1.165) is 32.2 Å². The average molecular weight is 335 g/mol. The van der Waals surface area contributed by atoms with Gasteiger partial charge in [0.25, 0.3) is 5.91 Å². The zero-order chi connectivity index (χ0) is 16.6. The van der Waals surface area contributed by atoms with Crippen LogP contribution in [-0.4, -0.2) is 48.6 Å². The van der Waals surface area contributed by atoms with E-state index in [9.17, 15) is 13.2 Å². The number of carbonyl (C=O) groups is 1. The predicted octanol–water partition coefficient (Wildman–Crippen LogP) is 0.623. The third-order valence-corrected chi connectivity index (χ3v) is 4.15. The quantitative estimate of drug-likeness (QED) is 0.876. The van der Waals surface area contributed by atoms with E-state index in [2.05, 4.69) is 15.0 Å². The van der Waals surface area contributed by atoms with Crippen LogP contribution in [0.1, 0.15) is 29.0 Å². The Morgan fingerprint density at radius 2 is 1.96 bits per heavy atom. The van der Waals surface area contributed by atoms with Crippen molar-refractivity contribution in [1.82, 2.24) is 19.7 Å².